The van der Waals surface area contributed by atoms with Crippen LogP contribution in [0, 0.1) is 0 Å². The first-order valence-corrected chi connectivity index (χ1v) is 22.7. The largest absolute Gasteiger partial charge is 0.472 e. The summed E-state index contributed by atoms with van der Waals surface area (Å²) in [7, 11) is 1.59. The molecule has 1 unspecified atom stereocenters. The minimum atomic E-state index is -4.31. The monoisotopic (exact) mass is 795 g/mol. The molecule has 0 heterocycles. The van der Waals surface area contributed by atoms with Crippen LogP contribution in [-0.2, 0) is 34.3 Å². The number of carbonyl (C=O) groups excluding carboxylic acids is 1. The maximum Gasteiger partial charge on any atom is 0.472 e. The lowest BCUT2D eigenvalue weighted by atomic mass is 10.0. The van der Waals surface area contributed by atoms with Crippen LogP contribution >= 0.6 is 31.0 Å². The number of nitrogens with zero attached hydrogens (tertiary/aromatic N) is 2. The molecule has 2 atom stereocenters. The molecular formula is C40H74Cl2N2O7P+. The second-order valence-electron chi connectivity index (χ2n) is 15.0. The number of unbranched alkanes of at least 4 members (excludes halogenated alkanes) is 15. The molecule has 0 aromatic heterocycles. The van der Waals surface area contributed by atoms with Gasteiger partial charge in [-0.1, -0.05) is 115 Å². The number of likely N-dealkylation sites (N-methyl/N-ethyl adjacent to an activating group) is 1. The van der Waals surface area contributed by atoms with Crippen LogP contribution in [0.2, 0.25) is 0 Å². The van der Waals surface area contributed by atoms with Gasteiger partial charge in [0.05, 0.1) is 34.4 Å². The summed E-state index contributed by atoms with van der Waals surface area (Å²) in [6.07, 6.45) is 21.6. The first kappa shape index (κ1) is 49.1. The average Bonchev–Trinajstić information content (AvgIpc) is 3.09. The van der Waals surface area contributed by atoms with Crippen LogP contribution in [0.3, 0.4) is 0 Å². The Hall–Kier alpha value is -0.900. The summed E-state index contributed by atoms with van der Waals surface area (Å²) in [5.74, 6) is 0.651. The number of carbonyl (C=O) groups is 1. The Balaban J connectivity index is 2.39. The number of hydrogen-bond donors (Lipinski definition) is 1. The van der Waals surface area contributed by atoms with Crippen molar-refractivity contribution in [2.75, 3.05) is 83.9 Å². The summed E-state index contributed by atoms with van der Waals surface area (Å²) in [6.45, 7) is 4.66. The van der Waals surface area contributed by atoms with Gasteiger partial charge in [-0.15, -0.1) is 23.2 Å². The zero-order chi connectivity index (χ0) is 38.3. The van der Waals surface area contributed by atoms with Gasteiger partial charge in [0.15, 0.2) is 0 Å². The summed E-state index contributed by atoms with van der Waals surface area (Å²) in [5.41, 5.74) is 2.18. The zero-order valence-electron chi connectivity index (χ0n) is 33.2. The third kappa shape index (κ3) is 28.5. The minimum absolute atomic E-state index is 0.0654. The van der Waals surface area contributed by atoms with Crippen molar-refractivity contribution in [1.82, 2.24) is 0 Å². The van der Waals surface area contributed by atoms with Gasteiger partial charge >= 0.3 is 13.8 Å². The van der Waals surface area contributed by atoms with E-state index in [9.17, 15) is 14.3 Å². The molecule has 0 bridgehead atoms. The molecule has 1 N–H and O–H groups in total. The van der Waals surface area contributed by atoms with Crippen molar-refractivity contribution in [3.8, 4) is 0 Å². The zero-order valence-corrected chi connectivity index (χ0v) is 35.6. The maximum absolute atomic E-state index is 12.8. The Kier molecular flexibility index (Phi) is 29.6. The van der Waals surface area contributed by atoms with Crippen LogP contribution in [0.5, 0.6) is 0 Å². The van der Waals surface area contributed by atoms with Gasteiger partial charge in [-0.2, -0.15) is 0 Å². The molecule has 1 aromatic rings. The second-order valence-corrected chi connectivity index (χ2v) is 17.2. The lowest BCUT2D eigenvalue weighted by Crippen LogP contribution is -2.37. The highest BCUT2D eigenvalue weighted by Gasteiger charge is 2.26. The molecule has 0 saturated carbocycles. The SMILES string of the molecule is CCCCCCCCCCCCCCCCCCOC[C@H](COP(=O)(O)OCC[N+](C)(C)C)OC(=O)CCCc1ccc(N(CCCl)CCCl)cc1. The second kappa shape index (κ2) is 31.3. The van der Waals surface area contributed by atoms with Crippen LogP contribution in [0.4, 0.5) is 5.69 Å². The summed E-state index contributed by atoms with van der Waals surface area (Å²) in [5, 5.41) is 0. The number of alkyl halides is 2. The van der Waals surface area contributed by atoms with E-state index < -0.39 is 19.9 Å². The highest BCUT2D eigenvalue weighted by Crippen LogP contribution is 2.43. The molecule has 304 valence electrons. The number of anilines is 1. The van der Waals surface area contributed by atoms with Gasteiger partial charge in [-0.05, 0) is 37.0 Å². The Morgan fingerprint density at radius 3 is 1.77 bits per heavy atom. The van der Waals surface area contributed by atoms with Crippen molar-refractivity contribution in [3.63, 3.8) is 0 Å². The highest BCUT2D eigenvalue weighted by atomic mass is 35.5. The predicted octanol–water partition coefficient (Wildman–Crippen LogP) is 10.3. The third-order valence-corrected chi connectivity index (χ3v) is 10.4. The number of halogens is 2. The molecule has 12 heteroatoms. The lowest BCUT2D eigenvalue weighted by molar-refractivity contribution is -0.870. The first-order valence-electron chi connectivity index (χ1n) is 20.1. The van der Waals surface area contributed by atoms with Gasteiger partial charge in [-0.3, -0.25) is 13.8 Å². The molecule has 0 amide bonds. The third-order valence-electron chi connectivity index (χ3n) is 9.04. The van der Waals surface area contributed by atoms with Crippen molar-refractivity contribution in [2.45, 2.75) is 135 Å². The van der Waals surface area contributed by atoms with E-state index >= 15 is 0 Å². The number of ether oxygens (including phenoxy) is 2. The van der Waals surface area contributed by atoms with E-state index in [2.05, 4.69) is 24.0 Å². The van der Waals surface area contributed by atoms with Gasteiger partial charge in [0.1, 0.15) is 19.3 Å². The maximum atomic E-state index is 12.8. The van der Waals surface area contributed by atoms with E-state index in [1.54, 1.807) is 0 Å². The fourth-order valence-corrected chi connectivity index (χ4v) is 7.01. The fraction of sp³-hybridized carbons (Fsp3) is 0.825. The van der Waals surface area contributed by atoms with Crippen molar-refractivity contribution < 1.29 is 37.3 Å². The van der Waals surface area contributed by atoms with Gasteiger partial charge in [-0.25, -0.2) is 4.57 Å². The number of hydrogen-bond acceptors (Lipinski definition) is 7. The van der Waals surface area contributed by atoms with Crippen LogP contribution in [0.15, 0.2) is 24.3 Å². The summed E-state index contributed by atoms with van der Waals surface area (Å²) in [6, 6.07) is 8.20. The molecule has 0 radical (unpaired) electrons. The molecule has 0 aliphatic rings. The molecule has 0 aliphatic carbocycles. The predicted molar refractivity (Wildman–Crippen MR) is 218 cm³/mol. The normalized spacial score (nSPS) is 13.6. The van der Waals surface area contributed by atoms with Gasteiger partial charge in [0.25, 0.3) is 0 Å². The Labute approximate surface area is 327 Å². The fourth-order valence-electron chi connectivity index (χ4n) is 5.86. The van der Waals surface area contributed by atoms with Gasteiger partial charge in [0.2, 0.25) is 0 Å². The van der Waals surface area contributed by atoms with Crippen LogP contribution < -0.4 is 4.90 Å². The first-order chi connectivity index (χ1) is 25.0. The molecule has 0 fully saturated rings. The summed E-state index contributed by atoms with van der Waals surface area (Å²) < 4.78 is 35.0. The summed E-state index contributed by atoms with van der Waals surface area (Å²) >= 11 is 11.9. The number of benzene rings is 1. The number of phosphoric ester groups is 1. The Bertz CT molecular complexity index is 1040. The van der Waals surface area contributed by atoms with E-state index in [0.717, 1.165) is 37.2 Å². The molecule has 9 nitrogen and oxygen atoms in total. The molecule has 1 aromatic carbocycles. The van der Waals surface area contributed by atoms with Crippen LogP contribution in [0.1, 0.15) is 128 Å². The molecule has 1 rings (SSSR count). The number of rotatable bonds is 36. The number of phosphoric acid groups is 1. The smallest absolute Gasteiger partial charge is 0.457 e. The topological polar surface area (TPSA) is 94.5 Å². The van der Waals surface area contributed by atoms with E-state index in [1.165, 1.54) is 89.9 Å². The Morgan fingerprint density at radius 1 is 0.750 bits per heavy atom. The minimum Gasteiger partial charge on any atom is -0.457 e. The van der Waals surface area contributed by atoms with Gasteiger partial charge in [0, 0.05) is 43.6 Å². The molecule has 0 aliphatic heterocycles. The average molecular weight is 797 g/mol. The molecule has 0 spiro atoms. The number of aryl methyl sites for hydroxylation is 1. The number of quaternary nitrogens is 1. The van der Waals surface area contributed by atoms with Crippen molar-refractivity contribution in [3.05, 3.63) is 29.8 Å². The van der Waals surface area contributed by atoms with E-state index in [1.807, 2.05) is 33.3 Å². The van der Waals surface area contributed by atoms with Crippen molar-refractivity contribution in [2.24, 2.45) is 0 Å². The van der Waals surface area contributed by atoms with E-state index in [-0.39, 0.29) is 26.2 Å². The Morgan fingerprint density at radius 2 is 1.27 bits per heavy atom. The lowest BCUT2D eigenvalue weighted by Gasteiger charge is -2.24. The molecule has 52 heavy (non-hydrogen) atoms. The van der Waals surface area contributed by atoms with Crippen LogP contribution in [-0.4, -0.2) is 100 Å². The quantitative estimate of drug-likeness (QED) is 0.0236. The van der Waals surface area contributed by atoms with Gasteiger partial charge < -0.3 is 23.8 Å². The molecular weight excluding hydrogens is 722 g/mol. The van der Waals surface area contributed by atoms with Crippen molar-refractivity contribution in [1.29, 1.82) is 0 Å². The van der Waals surface area contributed by atoms with E-state index in [4.69, 9.17) is 41.7 Å². The molecule has 0 saturated heterocycles. The standard InChI is InChI=1S/C40H73Cl2N2O7P/c1-5-6-7-8-9-10-11-12-13-14-15-16-17-18-19-20-33-48-35-39(36-50-52(46,47)49-34-32-44(2,3)4)51-40(45)23-21-22-37-24-26-38(27-25-37)43(30-28-41)31-29-42/h24-27,39H,5-23,28-36H2,1-4H3/p+1/t39-/m1/s1. The number of esters is 1. The summed E-state index contributed by atoms with van der Waals surface area (Å²) in [4.78, 5) is 25.2. The van der Waals surface area contributed by atoms with Crippen molar-refractivity contribution >= 4 is 42.7 Å². The highest BCUT2D eigenvalue weighted by molar-refractivity contribution is 7.47. The van der Waals surface area contributed by atoms with Crippen LogP contribution in [0.25, 0.3) is 0 Å². The van der Waals surface area contributed by atoms with E-state index in [0.29, 0.717) is 42.2 Å².